The van der Waals surface area contributed by atoms with Crippen molar-refractivity contribution in [1.82, 2.24) is 9.97 Å². The molecule has 1 aromatic carbocycles. The lowest BCUT2D eigenvalue weighted by molar-refractivity contribution is 0.102. The summed E-state index contributed by atoms with van der Waals surface area (Å²) in [5.41, 5.74) is 6.25. The largest absolute Gasteiger partial charge is 0.497 e. The zero-order valence-corrected chi connectivity index (χ0v) is 9.75. The third kappa shape index (κ3) is 2.73. The Morgan fingerprint density at radius 3 is 2.50 bits per heavy atom. The van der Waals surface area contributed by atoms with Crippen molar-refractivity contribution in [2.24, 2.45) is 0 Å². The Kier molecular flexibility index (Phi) is 3.38. The van der Waals surface area contributed by atoms with E-state index in [1.807, 2.05) is 0 Å². The molecule has 1 heterocycles. The first kappa shape index (κ1) is 11.8. The van der Waals surface area contributed by atoms with Gasteiger partial charge >= 0.3 is 0 Å². The Hall–Kier alpha value is -2.63. The minimum Gasteiger partial charge on any atom is -0.497 e. The molecule has 3 N–H and O–H groups in total. The fraction of sp³-hybridized carbons (Fsp3) is 0.0833. The van der Waals surface area contributed by atoms with Crippen LogP contribution in [0.15, 0.2) is 36.7 Å². The number of nitrogens with one attached hydrogen (secondary N) is 1. The van der Waals surface area contributed by atoms with Crippen LogP contribution in [0.1, 0.15) is 10.5 Å². The Morgan fingerprint density at radius 2 is 1.94 bits per heavy atom. The molecular formula is C12H12N4O2. The summed E-state index contributed by atoms with van der Waals surface area (Å²) in [6, 6.07) is 6.98. The van der Waals surface area contributed by atoms with Gasteiger partial charge in [-0.05, 0) is 24.3 Å². The molecule has 0 atom stereocenters. The zero-order valence-electron chi connectivity index (χ0n) is 9.75. The lowest BCUT2D eigenvalue weighted by Crippen LogP contribution is -2.14. The van der Waals surface area contributed by atoms with E-state index in [9.17, 15) is 4.79 Å². The molecule has 1 amide bonds. The van der Waals surface area contributed by atoms with Gasteiger partial charge in [-0.3, -0.25) is 4.79 Å². The molecule has 0 fully saturated rings. The van der Waals surface area contributed by atoms with E-state index in [1.165, 1.54) is 12.4 Å². The van der Waals surface area contributed by atoms with Gasteiger partial charge in [0.05, 0.1) is 19.5 Å². The number of nitrogens with two attached hydrogens (primary N) is 1. The number of amides is 1. The van der Waals surface area contributed by atoms with Gasteiger partial charge in [-0.15, -0.1) is 0 Å². The van der Waals surface area contributed by atoms with E-state index < -0.39 is 0 Å². The normalized spacial score (nSPS) is 9.83. The van der Waals surface area contributed by atoms with Gasteiger partial charge in [0.25, 0.3) is 5.91 Å². The molecule has 0 saturated carbocycles. The third-order valence-electron chi connectivity index (χ3n) is 2.25. The van der Waals surface area contributed by atoms with E-state index in [0.717, 1.165) is 5.75 Å². The highest BCUT2D eigenvalue weighted by atomic mass is 16.5. The zero-order chi connectivity index (χ0) is 13.0. The van der Waals surface area contributed by atoms with Crippen LogP contribution in [-0.4, -0.2) is 23.0 Å². The standard InChI is InChI=1S/C12H12N4O2/c1-18-9-4-2-8(3-5-9)16-12(17)10-6-15-11(13)7-14-10/h2-7H,1H3,(H2,13,15)(H,16,17). The van der Waals surface area contributed by atoms with Gasteiger partial charge in [0.1, 0.15) is 17.3 Å². The van der Waals surface area contributed by atoms with Gasteiger partial charge in [-0.25, -0.2) is 9.97 Å². The maximum atomic E-state index is 11.8. The van der Waals surface area contributed by atoms with E-state index in [0.29, 0.717) is 5.69 Å². The van der Waals surface area contributed by atoms with Gasteiger partial charge in [-0.1, -0.05) is 0 Å². The van der Waals surface area contributed by atoms with Gasteiger partial charge in [0.15, 0.2) is 0 Å². The summed E-state index contributed by atoms with van der Waals surface area (Å²) in [7, 11) is 1.58. The number of anilines is 2. The number of nitrogens with zero attached hydrogens (tertiary/aromatic N) is 2. The summed E-state index contributed by atoms with van der Waals surface area (Å²) >= 11 is 0. The maximum absolute atomic E-state index is 11.8. The van der Waals surface area contributed by atoms with Gasteiger partial charge in [0, 0.05) is 5.69 Å². The molecule has 0 aliphatic carbocycles. The average Bonchev–Trinajstić information content (AvgIpc) is 2.40. The number of aromatic nitrogens is 2. The smallest absolute Gasteiger partial charge is 0.275 e. The second kappa shape index (κ2) is 5.13. The van der Waals surface area contributed by atoms with Crippen LogP contribution in [0.2, 0.25) is 0 Å². The van der Waals surface area contributed by atoms with Crippen LogP contribution in [0.4, 0.5) is 11.5 Å². The quantitative estimate of drug-likeness (QED) is 0.849. The number of hydrogen-bond acceptors (Lipinski definition) is 5. The summed E-state index contributed by atoms with van der Waals surface area (Å²) in [6.45, 7) is 0. The highest BCUT2D eigenvalue weighted by Gasteiger charge is 2.07. The highest BCUT2D eigenvalue weighted by Crippen LogP contribution is 2.15. The molecule has 1 aromatic heterocycles. The van der Waals surface area contributed by atoms with Crippen molar-refractivity contribution in [3.63, 3.8) is 0 Å². The average molecular weight is 244 g/mol. The first-order chi connectivity index (χ1) is 8.69. The molecular weight excluding hydrogens is 232 g/mol. The van der Waals surface area contributed by atoms with Crippen LogP contribution in [0.25, 0.3) is 0 Å². The number of benzene rings is 1. The molecule has 0 unspecified atom stereocenters. The van der Waals surface area contributed by atoms with Crippen LogP contribution >= 0.6 is 0 Å². The Labute approximate surface area is 104 Å². The Bertz CT molecular complexity index is 537. The van der Waals surface area contributed by atoms with Crippen LogP contribution in [-0.2, 0) is 0 Å². The number of ether oxygens (including phenoxy) is 1. The van der Waals surface area contributed by atoms with E-state index >= 15 is 0 Å². The fourth-order valence-electron chi connectivity index (χ4n) is 1.32. The molecule has 92 valence electrons. The molecule has 6 nitrogen and oxygen atoms in total. The molecule has 0 aliphatic rings. The lowest BCUT2D eigenvalue weighted by atomic mass is 10.3. The minimum absolute atomic E-state index is 0.208. The first-order valence-corrected chi connectivity index (χ1v) is 5.22. The van der Waals surface area contributed by atoms with Crippen molar-refractivity contribution >= 4 is 17.4 Å². The molecule has 0 aliphatic heterocycles. The van der Waals surface area contributed by atoms with Crippen molar-refractivity contribution in [3.8, 4) is 5.75 Å². The highest BCUT2D eigenvalue weighted by molar-refractivity contribution is 6.02. The van der Waals surface area contributed by atoms with Crippen LogP contribution in [0.3, 0.4) is 0 Å². The van der Waals surface area contributed by atoms with Crippen molar-refractivity contribution in [1.29, 1.82) is 0 Å². The topological polar surface area (TPSA) is 90.1 Å². The third-order valence-corrected chi connectivity index (χ3v) is 2.25. The summed E-state index contributed by atoms with van der Waals surface area (Å²) in [5.74, 6) is 0.656. The minimum atomic E-state index is -0.340. The first-order valence-electron chi connectivity index (χ1n) is 5.22. The van der Waals surface area contributed by atoms with Crippen LogP contribution in [0, 0.1) is 0 Å². The number of rotatable bonds is 3. The van der Waals surface area contributed by atoms with E-state index in [-0.39, 0.29) is 17.4 Å². The second-order valence-corrected chi connectivity index (χ2v) is 3.51. The summed E-state index contributed by atoms with van der Waals surface area (Å²) in [5, 5.41) is 2.69. The van der Waals surface area contributed by atoms with Gasteiger partial charge in [-0.2, -0.15) is 0 Å². The number of nitrogen functional groups attached to an aromatic ring is 1. The molecule has 2 rings (SSSR count). The van der Waals surface area contributed by atoms with E-state index in [4.69, 9.17) is 10.5 Å². The van der Waals surface area contributed by atoms with Crippen molar-refractivity contribution in [2.45, 2.75) is 0 Å². The summed E-state index contributed by atoms with van der Waals surface area (Å²) in [6.07, 6.45) is 2.66. The predicted molar refractivity (Wildman–Crippen MR) is 67.4 cm³/mol. The molecule has 0 radical (unpaired) electrons. The number of hydrogen-bond donors (Lipinski definition) is 2. The van der Waals surface area contributed by atoms with Crippen molar-refractivity contribution < 1.29 is 9.53 Å². The maximum Gasteiger partial charge on any atom is 0.275 e. The van der Waals surface area contributed by atoms with Gasteiger partial charge in [0.2, 0.25) is 0 Å². The molecule has 0 saturated heterocycles. The van der Waals surface area contributed by atoms with E-state index in [2.05, 4.69) is 15.3 Å². The number of carbonyl (C=O) groups is 1. The number of methoxy groups -OCH3 is 1. The Balaban J connectivity index is 2.08. The number of carbonyl (C=O) groups excluding carboxylic acids is 1. The predicted octanol–water partition coefficient (Wildman–Crippen LogP) is 1.32. The van der Waals surface area contributed by atoms with Crippen molar-refractivity contribution in [2.75, 3.05) is 18.2 Å². The molecule has 0 spiro atoms. The molecule has 6 heteroatoms. The molecule has 2 aromatic rings. The summed E-state index contributed by atoms with van der Waals surface area (Å²) in [4.78, 5) is 19.5. The lowest BCUT2D eigenvalue weighted by Gasteiger charge is -2.05. The molecule has 18 heavy (non-hydrogen) atoms. The monoisotopic (exact) mass is 244 g/mol. The van der Waals surface area contributed by atoms with Crippen LogP contribution in [0.5, 0.6) is 5.75 Å². The van der Waals surface area contributed by atoms with Crippen molar-refractivity contribution in [3.05, 3.63) is 42.4 Å². The second-order valence-electron chi connectivity index (χ2n) is 3.51. The van der Waals surface area contributed by atoms with Crippen LogP contribution < -0.4 is 15.8 Å². The fourth-order valence-corrected chi connectivity index (χ4v) is 1.32. The summed E-state index contributed by atoms with van der Waals surface area (Å²) < 4.78 is 5.02. The SMILES string of the molecule is COc1ccc(NC(=O)c2cnc(N)cn2)cc1. The Morgan fingerprint density at radius 1 is 1.22 bits per heavy atom. The molecule has 0 bridgehead atoms. The van der Waals surface area contributed by atoms with Gasteiger partial charge < -0.3 is 15.8 Å². The van der Waals surface area contributed by atoms with E-state index in [1.54, 1.807) is 31.4 Å².